The molecule has 1 aliphatic carbocycles. The Kier molecular flexibility index (Phi) is 4.43. The third kappa shape index (κ3) is 2.38. The highest BCUT2D eigenvalue weighted by molar-refractivity contribution is 9.12. The van der Waals surface area contributed by atoms with Crippen molar-refractivity contribution in [2.75, 3.05) is 0 Å². The smallest absolute Gasteiger partial charge is 0.0757 e. The second-order valence-electron chi connectivity index (χ2n) is 4.57. The zero-order valence-electron chi connectivity index (χ0n) is 9.23. The standard InChI is InChI=1S/C12H15Br2ClS/c1-2-12(5-3-4-6-12)10(15)8-7-9(13)16-11(8)14/h7,10H,2-6H2,1H3. The molecular formula is C12H15Br2ClS. The van der Waals surface area contributed by atoms with Crippen LogP contribution in [0.1, 0.15) is 50.0 Å². The van der Waals surface area contributed by atoms with E-state index >= 15 is 0 Å². The van der Waals surface area contributed by atoms with Gasteiger partial charge in [0.05, 0.1) is 12.9 Å². The Balaban J connectivity index is 2.29. The van der Waals surface area contributed by atoms with Gasteiger partial charge in [-0.25, -0.2) is 0 Å². The van der Waals surface area contributed by atoms with Gasteiger partial charge in [0, 0.05) is 0 Å². The molecule has 0 amide bonds. The van der Waals surface area contributed by atoms with Crippen molar-refractivity contribution in [3.05, 3.63) is 19.2 Å². The van der Waals surface area contributed by atoms with Crippen LogP contribution in [0.15, 0.2) is 13.6 Å². The largest absolute Gasteiger partial charge is 0.121 e. The molecule has 0 spiro atoms. The van der Waals surface area contributed by atoms with E-state index in [1.165, 1.54) is 41.5 Å². The van der Waals surface area contributed by atoms with Crippen LogP contribution in [0.25, 0.3) is 0 Å². The predicted octanol–water partition coefficient (Wildman–Crippen LogP) is 6.52. The second kappa shape index (κ2) is 5.29. The molecule has 1 heterocycles. The van der Waals surface area contributed by atoms with E-state index < -0.39 is 0 Å². The van der Waals surface area contributed by atoms with Gasteiger partial charge in [0.2, 0.25) is 0 Å². The highest BCUT2D eigenvalue weighted by Gasteiger charge is 2.40. The average Bonchev–Trinajstić information content (AvgIpc) is 2.85. The van der Waals surface area contributed by atoms with E-state index in [1.54, 1.807) is 11.3 Å². The number of rotatable bonds is 3. The first-order chi connectivity index (χ1) is 7.59. The zero-order chi connectivity index (χ0) is 11.8. The monoisotopic (exact) mass is 384 g/mol. The van der Waals surface area contributed by atoms with Crippen molar-refractivity contribution < 1.29 is 0 Å². The molecular weight excluding hydrogens is 371 g/mol. The molecule has 0 nitrogen and oxygen atoms in total. The summed E-state index contributed by atoms with van der Waals surface area (Å²) in [5.74, 6) is 0. The number of halogens is 3. The van der Waals surface area contributed by atoms with Gasteiger partial charge in [-0.05, 0) is 68.2 Å². The Bertz CT molecular complexity index is 369. The van der Waals surface area contributed by atoms with Crippen LogP contribution < -0.4 is 0 Å². The molecule has 0 bridgehead atoms. The Morgan fingerprint density at radius 1 is 1.44 bits per heavy atom. The summed E-state index contributed by atoms with van der Waals surface area (Å²) >= 11 is 15.6. The molecule has 0 aromatic carbocycles. The lowest BCUT2D eigenvalue weighted by atomic mass is 9.78. The Hall–Kier alpha value is 0.950. The number of alkyl halides is 1. The molecule has 1 aromatic rings. The lowest BCUT2D eigenvalue weighted by Gasteiger charge is -2.32. The minimum absolute atomic E-state index is 0.150. The Labute approximate surface area is 123 Å². The molecule has 0 saturated heterocycles. The second-order valence-corrected chi connectivity index (χ2v) is 8.75. The van der Waals surface area contributed by atoms with Gasteiger partial charge in [-0.2, -0.15) is 0 Å². The summed E-state index contributed by atoms with van der Waals surface area (Å²) in [5.41, 5.74) is 1.59. The van der Waals surface area contributed by atoms with Crippen molar-refractivity contribution in [3.8, 4) is 0 Å². The minimum Gasteiger partial charge on any atom is -0.121 e. The molecule has 90 valence electrons. The third-order valence-electron chi connectivity index (χ3n) is 3.80. The Morgan fingerprint density at radius 2 is 2.06 bits per heavy atom. The number of hydrogen-bond donors (Lipinski definition) is 0. The van der Waals surface area contributed by atoms with Gasteiger partial charge in [0.1, 0.15) is 0 Å². The van der Waals surface area contributed by atoms with Gasteiger partial charge in [-0.1, -0.05) is 19.8 Å². The molecule has 2 rings (SSSR count). The summed E-state index contributed by atoms with van der Waals surface area (Å²) in [6, 6.07) is 2.17. The summed E-state index contributed by atoms with van der Waals surface area (Å²) < 4.78 is 2.34. The molecule has 1 saturated carbocycles. The first-order valence-corrected chi connectivity index (χ1v) is 8.52. The summed E-state index contributed by atoms with van der Waals surface area (Å²) in [5, 5.41) is 0.150. The molecule has 16 heavy (non-hydrogen) atoms. The fourth-order valence-corrected chi connectivity index (χ4v) is 6.36. The highest BCUT2D eigenvalue weighted by atomic mass is 79.9. The number of hydrogen-bond acceptors (Lipinski definition) is 1. The van der Waals surface area contributed by atoms with Crippen LogP contribution in [0.5, 0.6) is 0 Å². The lowest BCUT2D eigenvalue weighted by Crippen LogP contribution is -2.21. The molecule has 1 aliphatic rings. The average molecular weight is 387 g/mol. The molecule has 1 aromatic heterocycles. The van der Waals surface area contributed by atoms with E-state index in [9.17, 15) is 0 Å². The first kappa shape index (κ1) is 13.4. The zero-order valence-corrected chi connectivity index (χ0v) is 14.0. The van der Waals surface area contributed by atoms with Crippen LogP contribution in [0.3, 0.4) is 0 Å². The van der Waals surface area contributed by atoms with Gasteiger partial charge in [-0.15, -0.1) is 22.9 Å². The van der Waals surface area contributed by atoms with Crippen molar-refractivity contribution in [1.82, 2.24) is 0 Å². The predicted molar refractivity (Wildman–Crippen MR) is 79.5 cm³/mol. The Morgan fingerprint density at radius 3 is 2.50 bits per heavy atom. The van der Waals surface area contributed by atoms with Gasteiger partial charge in [0.15, 0.2) is 0 Å². The van der Waals surface area contributed by atoms with Crippen molar-refractivity contribution in [1.29, 1.82) is 0 Å². The van der Waals surface area contributed by atoms with Crippen LogP contribution in [-0.2, 0) is 0 Å². The maximum Gasteiger partial charge on any atom is 0.0757 e. The molecule has 0 radical (unpaired) electrons. The van der Waals surface area contributed by atoms with E-state index in [1.807, 2.05) is 0 Å². The topological polar surface area (TPSA) is 0 Å². The van der Waals surface area contributed by atoms with Crippen molar-refractivity contribution >= 4 is 54.8 Å². The third-order valence-corrected chi connectivity index (χ3v) is 6.88. The highest BCUT2D eigenvalue weighted by Crippen LogP contribution is 2.55. The van der Waals surface area contributed by atoms with E-state index in [0.717, 1.165) is 3.79 Å². The normalized spacial score (nSPS) is 21.2. The summed E-state index contributed by atoms with van der Waals surface area (Å²) in [6.07, 6.45) is 6.40. The van der Waals surface area contributed by atoms with Crippen molar-refractivity contribution in [3.63, 3.8) is 0 Å². The van der Waals surface area contributed by atoms with Crippen LogP contribution >= 0.6 is 54.8 Å². The van der Waals surface area contributed by atoms with Crippen LogP contribution in [0, 0.1) is 5.41 Å². The van der Waals surface area contributed by atoms with Crippen molar-refractivity contribution in [2.24, 2.45) is 5.41 Å². The van der Waals surface area contributed by atoms with Gasteiger partial charge >= 0.3 is 0 Å². The maximum atomic E-state index is 6.74. The quantitative estimate of drug-likeness (QED) is 0.519. The van der Waals surface area contributed by atoms with Crippen molar-refractivity contribution in [2.45, 2.75) is 44.4 Å². The first-order valence-electron chi connectivity index (χ1n) is 5.68. The molecule has 1 fully saturated rings. The maximum absolute atomic E-state index is 6.74. The fraction of sp³-hybridized carbons (Fsp3) is 0.667. The van der Waals surface area contributed by atoms with E-state index in [4.69, 9.17) is 11.6 Å². The van der Waals surface area contributed by atoms with Crippen LogP contribution in [-0.4, -0.2) is 0 Å². The van der Waals surface area contributed by atoms with Crippen LogP contribution in [0.2, 0.25) is 0 Å². The van der Waals surface area contributed by atoms with Gasteiger partial charge in [-0.3, -0.25) is 0 Å². The van der Waals surface area contributed by atoms with Crippen LogP contribution in [0.4, 0.5) is 0 Å². The van der Waals surface area contributed by atoms with Gasteiger partial charge < -0.3 is 0 Å². The van der Waals surface area contributed by atoms with E-state index in [-0.39, 0.29) is 5.38 Å². The lowest BCUT2D eigenvalue weighted by molar-refractivity contribution is 0.271. The molecule has 4 heteroatoms. The van der Waals surface area contributed by atoms with E-state index in [2.05, 4.69) is 44.8 Å². The molecule has 1 atom stereocenters. The van der Waals surface area contributed by atoms with Gasteiger partial charge in [0.25, 0.3) is 0 Å². The van der Waals surface area contributed by atoms with E-state index in [0.29, 0.717) is 5.41 Å². The minimum atomic E-state index is 0.150. The molecule has 1 unspecified atom stereocenters. The number of thiophene rings is 1. The summed E-state index contributed by atoms with van der Waals surface area (Å²) in [4.78, 5) is 0. The molecule has 0 aliphatic heterocycles. The summed E-state index contributed by atoms with van der Waals surface area (Å²) in [6.45, 7) is 2.27. The fourth-order valence-electron chi connectivity index (χ4n) is 2.72. The SMILES string of the molecule is CCC1(C(Cl)c2cc(Br)sc2Br)CCCC1. The molecule has 0 N–H and O–H groups in total. The summed E-state index contributed by atoms with van der Waals surface area (Å²) in [7, 11) is 0.